The molecule has 0 atom stereocenters. The fourth-order valence-corrected chi connectivity index (χ4v) is 2.95. The Hall–Kier alpha value is -1.36. The first kappa shape index (κ1) is 22.7. The zero-order valence-corrected chi connectivity index (χ0v) is 18.2. The SMILES string of the molecule is CN=C(NCCc1ccc(S(N)(=O)=O)cc1)NCc1cccc(Cl)c1.I. The molecule has 0 fully saturated rings. The molecule has 9 heteroatoms. The molecule has 6 nitrogen and oxygen atoms in total. The third kappa shape index (κ3) is 7.48. The van der Waals surface area contributed by atoms with Crippen molar-refractivity contribution in [3.63, 3.8) is 0 Å². The molecule has 0 heterocycles. The lowest BCUT2D eigenvalue weighted by molar-refractivity contribution is 0.598. The molecule has 26 heavy (non-hydrogen) atoms. The van der Waals surface area contributed by atoms with E-state index in [9.17, 15) is 8.42 Å². The second-order valence-electron chi connectivity index (χ2n) is 5.42. The Bertz CT molecular complexity index is 842. The van der Waals surface area contributed by atoms with Gasteiger partial charge in [0.1, 0.15) is 0 Å². The normalized spacial score (nSPS) is 11.6. The van der Waals surface area contributed by atoms with E-state index in [1.165, 1.54) is 12.1 Å². The molecule has 0 aliphatic rings. The lowest BCUT2D eigenvalue weighted by Crippen LogP contribution is -2.37. The molecule has 0 unspecified atom stereocenters. The predicted octanol–water partition coefficient (Wildman–Crippen LogP) is 2.51. The van der Waals surface area contributed by atoms with Crippen LogP contribution in [0.1, 0.15) is 11.1 Å². The Morgan fingerprint density at radius 1 is 1.12 bits per heavy atom. The minimum absolute atomic E-state index is 0. The van der Waals surface area contributed by atoms with Crippen molar-refractivity contribution in [1.82, 2.24) is 10.6 Å². The van der Waals surface area contributed by atoms with Gasteiger partial charge in [-0.2, -0.15) is 0 Å². The molecular formula is C17H22ClIN4O2S. The Morgan fingerprint density at radius 2 is 1.81 bits per heavy atom. The van der Waals surface area contributed by atoms with Gasteiger partial charge in [0.15, 0.2) is 5.96 Å². The first-order chi connectivity index (χ1) is 11.9. The van der Waals surface area contributed by atoms with Crippen LogP contribution in [0, 0.1) is 0 Å². The topological polar surface area (TPSA) is 96.6 Å². The molecule has 2 aromatic rings. The number of hydrogen-bond donors (Lipinski definition) is 3. The van der Waals surface area contributed by atoms with Gasteiger partial charge in [-0.15, -0.1) is 24.0 Å². The Labute approximate surface area is 176 Å². The number of nitrogens with one attached hydrogen (secondary N) is 2. The minimum atomic E-state index is -3.65. The third-order valence-corrected chi connectivity index (χ3v) is 4.69. The number of rotatable bonds is 6. The number of guanidine groups is 1. The van der Waals surface area contributed by atoms with Crippen LogP contribution in [0.4, 0.5) is 0 Å². The van der Waals surface area contributed by atoms with Crippen LogP contribution in [0.2, 0.25) is 5.02 Å². The van der Waals surface area contributed by atoms with Crippen molar-refractivity contribution in [3.05, 3.63) is 64.7 Å². The second kappa shape index (κ2) is 10.7. The summed E-state index contributed by atoms with van der Waals surface area (Å²) in [6, 6.07) is 14.1. The highest BCUT2D eigenvalue weighted by atomic mass is 127. The first-order valence-electron chi connectivity index (χ1n) is 7.69. The highest BCUT2D eigenvalue weighted by Crippen LogP contribution is 2.10. The van der Waals surface area contributed by atoms with Crippen molar-refractivity contribution in [2.24, 2.45) is 10.1 Å². The maximum atomic E-state index is 11.2. The van der Waals surface area contributed by atoms with Gasteiger partial charge in [0, 0.05) is 25.2 Å². The fourth-order valence-electron chi connectivity index (χ4n) is 2.22. The van der Waals surface area contributed by atoms with E-state index < -0.39 is 10.0 Å². The quantitative estimate of drug-likeness (QED) is 0.317. The lowest BCUT2D eigenvalue weighted by atomic mass is 10.1. The standard InChI is InChI=1S/C17H21ClN4O2S.HI/c1-20-17(22-12-14-3-2-4-15(18)11-14)21-10-9-13-5-7-16(8-6-13)25(19,23)24;/h2-8,11H,9-10,12H2,1H3,(H2,19,23,24)(H2,20,21,22);1H. The molecule has 2 rings (SSSR count). The molecule has 2 aromatic carbocycles. The molecule has 4 N–H and O–H groups in total. The molecule has 0 aliphatic carbocycles. The molecule has 0 spiro atoms. The van der Waals surface area contributed by atoms with Crippen molar-refractivity contribution >= 4 is 51.6 Å². The van der Waals surface area contributed by atoms with E-state index >= 15 is 0 Å². The van der Waals surface area contributed by atoms with Gasteiger partial charge in [-0.25, -0.2) is 13.6 Å². The summed E-state index contributed by atoms with van der Waals surface area (Å²) in [5, 5.41) is 12.2. The van der Waals surface area contributed by atoms with Gasteiger partial charge in [0.05, 0.1) is 4.90 Å². The molecule has 0 aliphatic heterocycles. The largest absolute Gasteiger partial charge is 0.356 e. The summed E-state index contributed by atoms with van der Waals surface area (Å²) in [4.78, 5) is 4.28. The first-order valence-corrected chi connectivity index (χ1v) is 9.61. The van der Waals surface area contributed by atoms with E-state index in [0.29, 0.717) is 24.1 Å². The van der Waals surface area contributed by atoms with Crippen molar-refractivity contribution < 1.29 is 8.42 Å². The van der Waals surface area contributed by atoms with E-state index in [-0.39, 0.29) is 28.9 Å². The maximum absolute atomic E-state index is 11.2. The van der Waals surface area contributed by atoms with E-state index in [1.807, 2.05) is 24.3 Å². The fraction of sp³-hybridized carbons (Fsp3) is 0.235. The number of sulfonamides is 1. The van der Waals surface area contributed by atoms with Crippen LogP contribution in [0.15, 0.2) is 58.4 Å². The number of hydrogen-bond acceptors (Lipinski definition) is 3. The zero-order valence-electron chi connectivity index (χ0n) is 14.3. The smallest absolute Gasteiger partial charge is 0.238 e. The van der Waals surface area contributed by atoms with Gasteiger partial charge in [-0.05, 0) is 41.8 Å². The molecule has 0 saturated carbocycles. The highest BCUT2D eigenvalue weighted by Gasteiger charge is 2.06. The van der Waals surface area contributed by atoms with Crippen molar-refractivity contribution in [2.45, 2.75) is 17.9 Å². The summed E-state index contributed by atoms with van der Waals surface area (Å²) < 4.78 is 22.5. The Kier molecular flexibility index (Phi) is 9.34. The number of aliphatic imine (C=N–C) groups is 1. The van der Waals surface area contributed by atoms with Gasteiger partial charge in [0.25, 0.3) is 0 Å². The van der Waals surface area contributed by atoms with Crippen molar-refractivity contribution in [2.75, 3.05) is 13.6 Å². The average molecular weight is 509 g/mol. The minimum Gasteiger partial charge on any atom is -0.356 e. The molecule has 0 radical (unpaired) electrons. The Balaban J connectivity index is 0.00000338. The molecule has 0 saturated heterocycles. The summed E-state index contributed by atoms with van der Waals surface area (Å²) in [6.45, 7) is 1.27. The predicted molar refractivity (Wildman–Crippen MR) is 117 cm³/mol. The van der Waals surface area contributed by atoms with Crippen LogP contribution in [-0.2, 0) is 23.0 Å². The number of nitrogens with zero attached hydrogens (tertiary/aromatic N) is 1. The van der Waals surface area contributed by atoms with E-state index in [1.54, 1.807) is 19.2 Å². The molecule has 142 valence electrons. The molecule has 0 bridgehead atoms. The van der Waals surface area contributed by atoms with Crippen LogP contribution in [0.3, 0.4) is 0 Å². The summed E-state index contributed by atoms with van der Waals surface area (Å²) >= 11 is 5.97. The van der Waals surface area contributed by atoms with Crippen LogP contribution in [0.5, 0.6) is 0 Å². The van der Waals surface area contributed by atoms with Gasteiger partial charge in [-0.3, -0.25) is 4.99 Å². The second-order valence-corrected chi connectivity index (χ2v) is 7.42. The van der Waals surface area contributed by atoms with Crippen LogP contribution < -0.4 is 15.8 Å². The molecular weight excluding hydrogens is 487 g/mol. The van der Waals surface area contributed by atoms with Gasteiger partial charge >= 0.3 is 0 Å². The maximum Gasteiger partial charge on any atom is 0.238 e. The number of primary sulfonamides is 1. The van der Waals surface area contributed by atoms with Gasteiger partial charge in [-0.1, -0.05) is 35.9 Å². The number of nitrogens with two attached hydrogens (primary N) is 1. The van der Waals surface area contributed by atoms with E-state index in [2.05, 4.69) is 15.6 Å². The summed E-state index contributed by atoms with van der Waals surface area (Å²) in [5.74, 6) is 0.682. The average Bonchev–Trinajstić information content (AvgIpc) is 2.57. The van der Waals surface area contributed by atoms with E-state index in [0.717, 1.165) is 17.5 Å². The van der Waals surface area contributed by atoms with Crippen LogP contribution in [0.25, 0.3) is 0 Å². The molecule has 0 amide bonds. The number of benzene rings is 2. The van der Waals surface area contributed by atoms with Crippen LogP contribution in [-0.4, -0.2) is 28.0 Å². The highest BCUT2D eigenvalue weighted by molar-refractivity contribution is 14.0. The zero-order chi connectivity index (χ0) is 18.3. The summed E-state index contributed by atoms with van der Waals surface area (Å²) in [5.41, 5.74) is 2.07. The third-order valence-electron chi connectivity index (χ3n) is 3.53. The monoisotopic (exact) mass is 508 g/mol. The summed E-state index contributed by atoms with van der Waals surface area (Å²) in [6.07, 6.45) is 0.725. The lowest BCUT2D eigenvalue weighted by Gasteiger charge is -2.12. The van der Waals surface area contributed by atoms with Crippen molar-refractivity contribution in [1.29, 1.82) is 0 Å². The number of halogens is 2. The van der Waals surface area contributed by atoms with E-state index in [4.69, 9.17) is 16.7 Å². The molecule has 0 aromatic heterocycles. The Morgan fingerprint density at radius 3 is 2.38 bits per heavy atom. The van der Waals surface area contributed by atoms with Gasteiger partial charge < -0.3 is 10.6 Å². The van der Waals surface area contributed by atoms with Crippen LogP contribution >= 0.6 is 35.6 Å². The van der Waals surface area contributed by atoms with Gasteiger partial charge in [0.2, 0.25) is 10.0 Å². The summed E-state index contributed by atoms with van der Waals surface area (Å²) in [7, 11) is -1.95. The van der Waals surface area contributed by atoms with Crippen molar-refractivity contribution in [3.8, 4) is 0 Å².